The zero-order chi connectivity index (χ0) is 15.2. The van der Waals surface area contributed by atoms with Crippen molar-refractivity contribution in [3.05, 3.63) is 6.33 Å². The lowest BCUT2D eigenvalue weighted by Gasteiger charge is -2.10. The molecule has 1 aromatic heterocycles. The molecule has 1 heterocycles. The minimum Gasteiger partial charge on any atom is -0.349 e. The third kappa shape index (κ3) is 6.27. The number of hydrogen-bond donors (Lipinski definition) is 0. The van der Waals surface area contributed by atoms with Crippen molar-refractivity contribution in [3.8, 4) is 0 Å². The Morgan fingerprint density at radius 2 is 2.10 bits per heavy atom. The van der Waals surface area contributed by atoms with Crippen molar-refractivity contribution < 1.29 is 18.0 Å². The molecule has 20 heavy (non-hydrogen) atoms. The van der Waals surface area contributed by atoms with Crippen LogP contribution in [0.2, 0.25) is 0 Å². The normalized spacial score (nSPS) is 11.7. The molecule has 0 atom stereocenters. The standard InChI is InChI=1S/C11H17F3N4OS/c1-17(2)9(19)5-3-4-6-20-10-16-15-8-18(10)7-11(12,13)14/h8H,3-7H2,1-2H3. The smallest absolute Gasteiger partial charge is 0.349 e. The van der Waals surface area contributed by atoms with E-state index >= 15 is 0 Å². The highest BCUT2D eigenvalue weighted by Crippen LogP contribution is 2.22. The van der Waals surface area contributed by atoms with Crippen LogP contribution in [0.25, 0.3) is 0 Å². The molecule has 0 aliphatic rings. The fraction of sp³-hybridized carbons (Fsp3) is 0.727. The maximum Gasteiger partial charge on any atom is 0.406 e. The van der Waals surface area contributed by atoms with Crippen molar-refractivity contribution in [2.24, 2.45) is 0 Å². The zero-order valence-electron chi connectivity index (χ0n) is 11.4. The van der Waals surface area contributed by atoms with Crippen molar-refractivity contribution in [1.82, 2.24) is 19.7 Å². The first-order chi connectivity index (χ1) is 9.29. The van der Waals surface area contributed by atoms with Crippen molar-refractivity contribution in [3.63, 3.8) is 0 Å². The number of carbonyl (C=O) groups is 1. The highest BCUT2D eigenvalue weighted by Gasteiger charge is 2.29. The van der Waals surface area contributed by atoms with E-state index in [4.69, 9.17) is 0 Å². The van der Waals surface area contributed by atoms with Crippen LogP contribution in [0.5, 0.6) is 0 Å². The van der Waals surface area contributed by atoms with E-state index in [0.717, 1.165) is 17.3 Å². The summed E-state index contributed by atoms with van der Waals surface area (Å²) in [6.45, 7) is -1.08. The second-order valence-corrected chi connectivity index (χ2v) is 5.51. The number of alkyl halides is 3. The first kappa shape index (κ1) is 16.8. The summed E-state index contributed by atoms with van der Waals surface area (Å²) in [5.41, 5.74) is 0. The average molecular weight is 310 g/mol. The maximum absolute atomic E-state index is 12.3. The number of hydrogen-bond acceptors (Lipinski definition) is 4. The summed E-state index contributed by atoms with van der Waals surface area (Å²) in [6.07, 6.45) is -1.31. The summed E-state index contributed by atoms with van der Waals surface area (Å²) in [7, 11) is 3.38. The SMILES string of the molecule is CN(C)C(=O)CCCCSc1nncn1CC(F)(F)F. The Morgan fingerprint density at radius 3 is 2.70 bits per heavy atom. The second-order valence-electron chi connectivity index (χ2n) is 4.45. The summed E-state index contributed by atoms with van der Waals surface area (Å²) < 4.78 is 37.8. The van der Waals surface area contributed by atoms with Gasteiger partial charge in [-0.05, 0) is 12.8 Å². The van der Waals surface area contributed by atoms with Gasteiger partial charge in [0.15, 0.2) is 5.16 Å². The molecule has 0 N–H and O–H groups in total. The number of thioether (sulfide) groups is 1. The molecule has 0 unspecified atom stereocenters. The first-order valence-corrected chi connectivity index (χ1v) is 7.05. The third-order valence-corrected chi connectivity index (χ3v) is 3.51. The van der Waals surface area contributed by atoms with E-state index in [9.17, 15) is 18.0 Å². The van der Waals surface area contributed by atoms with Gasteiger partial charge >= 0.3 is 6.18 Å². The van der Waals surface area contributed by atoms with Gasteiger partial charge in [-0.25, -0.2) is 0 Å². The Hall–Kier alpha value is -1.25. The molecule has 0 aliphatic heterocycles. The Balaban J connectivity index is 2.29. The number of unbranched alkanes of at least 4 members (excludes halogenated alkanes) is 1. The fourth-order valence-electron chi connectivity index (χ4n) is 1.42. The van der Waals surface area contributed by atoms with Gasteiger partial charge in [0.25, 0.3) is 0 Å². The number of aromatic nitrogens is 3. The Kier molecular flexibility index (Phi) is 6.31. The van der Waals surface area contributed by atoms with E-state index in [1.54, 1.807) is 14.1 Å². The molecule has 1 aromatic rings. The van der Waals surface area contributed by atoms with Gasteiger partial charge in [0.05, 0.1) is 0 Å². The topological polar surface area (TPSA) is 51.0 Å². The molecule has 0 bridgehead atoms. The van der Waals surface area contributed by atoms with Crippen LogP contribution >= 0.6 is 11.8 Å². The summed E-state index contributed by atoms with van der Waals surface area (Å²) in [5.74, 6) is 0.660. The van der Waals surface area contributed by atoms with E-state index in [2.05, 4.69) is 10.2 Å². The summed E-state index contributed by atoms with van der Waals surface area (Å²) in [6, 6.07) is 0. The van der Waals surface area contributed by atoms with Crippen LogP contribution in [-0.2, 0) is 11.3 Å². The second kappa shape index (κ2) is 7.51. The Morgan fingerprint density at radius 1 is 1.40 bits per heavy atom. The van der Waals surface area contributed by atoms with Crippen LogP contribution < -0.4 is 0 Å². The van der Waals surface area contributed by atoms with Crippen LogP contribution in [0.3, 0.4) is 0 Å². The third-order valence-electron chi connectivity index (χ3n) is 2.44. The van der Waals surface area contributed by atoms with Gasteiger partial charge in [0, 0.05) is 26.3 Å². The summed E-state index contributed by atoms with van der Waals surface area (Å²) >= 11 is 1.22. The lowest BCUT2D eigenvalue weighted by molar-refractivity contribution is -0.142. The van der Waals surface area contributed by atoms with E-state index < -0.39 is 12.7 Å². The monoisotopic (exact) mass is 310 g/mol. The lowest BCUT2D eigenvalue weighted by atomic mass is 10.2. The fourth-order valence-corrected chi connectivity index (χ4v) is 2.34. The van der Waals surface area contributed by atoms with Gasteiger partial charge in [-0.15, -0.1) is 10.2 Å². The molecule has 0 aliphatic carbocycles. The maximum atomic E-state index is 12.3. The predicted molar refractivity (Wildman–Crippen MR) is 69.3 cm³/mol. The van der Waals surface area contributed by atoms with Crippen molar-refractivity contribution in [1.29, 1.82) is 0 Å². The Labute approximate surface area is 119 Å². The van der Waals surface area contributed by atoms with Gasteiger partial charge in [0.1, 0.15) is 12.9 Å². The van der Waals surface area contributed by atoms with Crippen molar-refractivity contribution in [2.45, 2.75) is 37.1 Å². The van der Waals surface area contributed by atoms with E-state index in [-0.39, 0.29) is 11.1 Å². The van der Waals surface area contributed by atoms with Crippen LogP contribution in [0.4, 0.5) is 13.2 Å². The molecule has 0 saturated carbocycles. The predicted octanol–water partition coefficient (Wildman–Crippen LogP) is 2.19. The van der Waals surface area contributed by atoms with E-state index in [1.165, 1.54) is 16.7 Å². The first-order valence-electron chi connectivity index (χ1n) is 6.07. The number of rotatable bonds is 7. The van der Waals surface area contributed by atoms with Crippen LogP contribution in [0.1, 0.15) is 19.3 Å². The molecule has 0 spiro atoms. The number of carbonyl (C=O) groups excluding carboxylic acids is 1. The van der Waals surface area contributed by atoms with E-state index in [0.29, 0.717) is 18.6 Å². The van der Waals surface area contributed by atoms with Crippen LogP contribution in [0.15, 0.2) is 11.5 Å². The van der Waals surface area contributed by atoms with Crippen molar-refractivity contribution >= 4 is 17.7 Å². The lowest BCUT2D eigenvalue weighted by Crippen LogP contribution is -2.21. The average Bonchev–Trinajstić information content (AvgIpc) is 2.73. The summed E-state index contributed by atoms with van der Waals surface area (Å²) in [5, 5.41) is 7.40. The number of nitrogens with zero attached hydrogens (tertiary/aromatic N) is 4. The molecule has 1 amide bonds. The number of halogens is 3. The minimum absolute atomic E-state index is 0.0511. The Bertz CT molecular complexity index is 434. The molecule has 0 saturated heterocycles. The van der Waals surface area contributed by atoms with E-state index in [1.807, 2.05) is 0 Å². The molecular weight excluding hydrogens is 293 g/mol. The zero-order valence-corrected chi connectivity index (χ0v) is 12.2. The molecule has 114 valence electrons. The molecule has 0 aromatic carbocycles. The molecule has 0 radical (unpaired) electrons. The number of amides is 1. The quantitative estimate of drug-likeness (QED) is 0.572. The highest BCUT2D eigenvalue weighted by atomic mass is 32.2. The molecule has 5 nitrogen and oxygen atoms in total. The highest BCUT2D eigenvalue weighted by molar-refractivity contribution is 7.99. The molecular formula is C11H17F3N4OS. The van der Waals surface area contributed by atoms with Crippen LogP contribution in [0, 0.1) is 0 Å². The van der Waals surface area contributed by atoms with Gasteiger partial charge in [-0.2, -0.15) is 13.2 Å². The van der Waals surface area contributed by atoms with Gasteiger partial charge in [-0.3, -0.25) is 9.36 Å². The summed E-state index contributed by atoms with van der Waals surface area (Å²) in [4.78, 5) is 12.8. The van der Waals surface area contributed by atoms with Gasteiger partial charge in [0.2, 0.25) is 5.91 Å². The largest absolute Gasteiger partial charge is 0.406 e. The van der Waals surface area contributed by atoms with Crippen molar-refractivity contribution in [2.75, 3.05) is 19.8 Å². The molecule has 9 heteroatoms. The van der Waals surface area contributed by atoms with Gasteiger partial charge in [-0.1, -0.05) is 11.8 Å². The van der Waals surface area contributed by atoms with Gasteiger partial charge < -0.3 is 4.90 Å². The van der Waals surface area contributed by atoms with Crippen LogP contribution in [-0.4, -0.2) is 51.6 Å². The minimum atomic E-state index is -4.28. The molecule has 0 fully saturated rings. The molecule has 1 rings (SSSR count).